The van der Waals surface area contributed by atoms with Crippen LogP contribution in [0.5, 0.6) is 0 Å². The zero-order valence-corrected chi connectivity index (χ0v) is 22.5. The van der Waals surface area contributed by atoms with Crippen LogP contribution in [0.3, 0.4) is 0 Å². The van der Waals surface area contributed by atoms with Gasteiger partial charge in [0.25, 0.3) is 0 Å². The molecule has 0 aliphatic heterocycles. The number of aromatic nitrogens is 1. The molecule has 188 valence electrons. The number of para-hydroxylation sites is 2. The minimum atomic E-state index is -0.0386. The highest BCUT2D eigenvalue weighted by Crippen LogP contribution is 2.52. The summed E-state index contributed by atoms with van der Waals surface area (Å²) in [5.74, 6) is 0. The molecule has 0 saturated carbocycles. The van der Waals surface area contributed by atoms with Crippen molar-refractivity contribution in [1.82, 2.24) is 4.57 Å². The molecule has 0 N–H and O–H groups in total. The second-order valence-electron chi connectivity index (χ2n) is 11.7. The van der Waals surface area contributed by atoms with E-state index in [1.54, 1.807) is 0 Å². The van der Waals surface area contributed by atoms with Crippen LogP contribution in [-0.4, -0.2) is 4.57 Å². The summed E-state index contributed by atoms with van der Waals surface area (Å²) in [6, 6.07) is 43.1. The van der Waals surface area contributed by atoms with Crippen LogP contribution in [0.2, 0.25) is 0 Å². The second kappa shape index (κ2) is 8.32. The summed E-state index contributed by atoms with van der Waals surface area (Å²) in [6.45, 7) is 4.91. The molecule has 1 aliphatic rings. The Bertz CT molecular complexity index is 2010. The maximum absolute atomic E-state index is 2.64. The van der Waals surface area contributed by atoms with Crippen molar-refractivity contribution in [3.63, 3.8) is 0 Å². The van der Waals surface area contributed by atoms with Gasteiger partial charge in [-0.05, 0) is 74.5 Å². The van der Waals surface area contributed by atoms with Crippen LogP contribution in [0.1, 0.15) is 38.3 Å². The number of fused-ring (bicyclic) bond motifs is 9. The summed E-state index contributed by atoms with van der Waals surface area (Å²) in [7, 11) is 0. The summed E-state index contributed by atoms with van der Waals surface area (Å²) in [5, 5.41) is 10.7. The van der Waals surface area contributed by atoms with E-state index >= 15 is 0 Å². The first-order valence-corrected chi connectivity index (χ1v) is 14.1. The molecule has 6 aromatic carbocycles. The molecular formula is C38H31N. The van der Waals surface area contributed by atoms with E-state index in [9.17, 15) is 0 Å². The van der Waals surface area contributed by atoms with Crippen LogP contribution in [0, 0.1) is 5.41 Å². The lowest BCUT2D eigenvalue weighted by atomic mass is 9.69. The predicted molar refractivity (Wildman–Crippen MR) is 168 cm³/mol. The van der Waals surface area contributed by atoms with E-state index in [0.717, 1.165) is 12.8 Å². The molecule has 1 unspecified atom stereocenters. The highest BCUT2D eigenvalue weighted by molar-refractivity contribution is 6.25. The molecule has 0 bridgehead atoms. The Morgan fingerprint density at radius 2 is 1.00 bits per heavy atom. The third kappa shape index (κ3) is 3.20. The molecule has 0 radical (unpaired) electrons. The largest absolute Gasteiger partial charge is 0.336 e. The molecule has 0 saturated heterocycles. The van der Waals surface area contributed by atoms with E-state index in [2.05, 4.69) is 140 Å². The SMILES string of the molecule is CC1(C)C(c2ccc3c4ccccc4c4ccccc4c3c2)=CCCC1n1c2ccccc2c2ccccc21. The Morgan fingerprint density at radius 3 is 1.56 bits per heavy atom. The van der Waals surface area contributed by atoms with Gasteiger partial charge in [0, 0.05) is 33.3 Å². The third-order valence-corrected chi connectivity index (χ3v) is 9.30. The van der Waals surface area contributed by atoms with Crippen LogP contribution in [0.4, 0.5) is 0 Å². The molecule has 8 rings (SSSR count). The van der Waals surface area contributed by atoms with Gasteiger partial charge in [-0.1, -0.05) is 117 Å². The monoisotopic (exact) mass is 501 g/mol. The predicted octanol–water partition coefficient (Wildman–Crippen LogP) is 10.7. The molecule has 1 heterocycles. The maximum Gasteiger partial charge on any atom is 0.0494 e. The van der Waals surface area contributed by atoms with Crippen LogP contribution >= 0.6 is 0 Å². The minimum Gasteiger partial charge on any atom is -0.336 e. The van der Waals surface area contributed by atoms with E-state index in [0.29, 0.717) is 6.04 Å². The van der Waals surface area contributed by atoms with Gasteiger partial charge >= 0.3 is 0 Å². The molecule has 39 heavy (non-hydrogen) atoms. The number of allylic oxidation sites excluding steroid dienone is 2. The van der Waals surface area contributed by atoms with E-state index in [-0.39, 0.29) is 5.41 Å². The topological polar surface area (TPSA) is 4.93 Å². The molecule has 1 aromatic heterocycles. The van der Waals surface area contributed by atoms with Gasteiger partial charge < -0.3 is 4.57 Å². The lowest BCUT2D eigenvalue weighted by Gasteiger charge is -2.42. The normalized spacial score (nSPS) is 17.4. The first-order valence-electron chi connectivity index (χ1n) is 14.1. The lowest BCUT2D eigenvalue weighted by molar-refractivity contribution is 0.280. The van der Waals surface area contributed by atoms with E-state index in [1.165, 1.54) is 65.3 Å². The summed E-state index contributed by atoms with van der Waals surface area (Å²) >= 11 is 0. The van der Waals surface area contributed by atoms with Crippen molar-refractivity contribution < 1.29 is 0 Å². The highest BCUT2D eigenvalue weighted by atomic mass is 15.0. The van der Waals surface area contributed by atoms with Gasteiger partial charge in [0.1, 0.15) is 0 Å². The molecule has 0 spiro atoms. The molecule has 7 aromatic rings. The molecule has 0 amide bonds. The van der Waals surface area contributed by atoms with Gasteiger partial charge in [-0.2, -0.15) is 0 Å². The Kier molecular flexibility index (Phi) is 4.82. The van der Waals surface area contributed by atoms with Crippen molar-refractivity contribution >= 4 is 59.7 Å². The van der Waals surface area contributed by atoms with Crippen molar-refractivity contribution in [2.45, 2.75) is 32.7 Å². The van der Waals surface area contributed by atoms with E-state index < -0.39 is 0 Å². The van der Waals surface area contributed by atoms with Gasteiger partial charge in [0.05, 0.1) is 0 Å². The molecule has 1 nitrogen and oxygen atoms in total. The third-order valence-electron chi connectivity index (χ3n) is 9.30. The first kappa shape index (κ1) is 22.6. The Hall–Kier alpha value is -4.36. The quantitative estimate of drug-likeness (QED) is 0.208. The van der Waals surface area contributed by atoms with Crippen molar-refractivity contribution in [3.05, 3.63) is 127 Å². The summed E-state index contributed by atoms with van der Waals surface area (Å²) in [4.78, 5) is 0. The Balaban J connectivity index is 1.34. The number of hydrogen-bond donors (Lipinski definition) is 0. The van der Waals surface area contributed by atoms with Crippen LogP contribution < -0.4 is 0 Å². The van der Waals surface area contributed by atoms with Gasteiger partial charge in [0.2, 0.25) is 0 Å². The fourth-order valence-corrected chi connectivity index (χ4v) is 7.49. The molecule has 1 heteroatoms. The van der Waals surface area contributed by atoms with Gasteiger partial charge in [-0.3, -0.25) is 0 Å². The molecule has 0 fully saturated rings. The maximum atomic E-state index is 2.64. The number of rotatable bonds is 2. The van der Waals surface area contributed by atoms with Crippen molar-refractivity contribution in [1.29, 1.82) is 0 Å². The average Bonchev–Trinajstić information content (AvgIpc) is 3.31. The summed E-state index contributed by atoms with van der Waals surface area (Å²) < 4.78 is 2.64. The molecular weight excluding hydrogens is 470 g/mol. The summed E-state index contributed by atoms with van der Waals surface area (Å²) in [6.07, 6.45) is 4.73. The van der Waals surface area contributed by atoms with Gasteiger partial charge in [0.15, 0.2) is 0 Å². The van der Waals surface area contributed by atoms with Crippen LogP contribution in [0.15, 0.2) is 121 Å². The number of nitrogens with zero attached hydrogens (tertiary/aromatic N) is 1. The fourth-order valence-electron chi connectivity index (χ4n) is 7.49. The first-order chi connectivity index (χ1) is 19.1. The zero-order valence-electron chi connectivity index (χ0n) is 22.5. The zero-order chi connectivity index (χ0) is 26.1. The van der Waals surface area contributed by atoms with Crippen molar-refractivity contribution in [3.8, 4) is 0 Å². The number of hydrogen-bond acceptors (Lipinski definition) is 0. The molecule has 1 atom stereocenters. The van der Waals surface area contributed by atoms with Crippen LogP contribution in [0.25, 0.3) is 59.7 Å². The standard InChI is InChI=1S/C38H31N/c1-38(2)34(18-11-21-37(38)39-35-19-9-7-16-31(35)32-17-8-10-20-36(32)39)25-22-23-30-28-14-4-3-12-26(28)27-13-5-6-15-29(27)33(30)24-25/h3-10,12-20,22-24,37H,11,21H2,1-2H3. The van der Waals surface area contributed by atoms with Crippen LogP contribution in [-0.2, 0) is 0 Å². The fraction of sp³-hybridized carbons (Fsp3) is 0.158. The van der Waals surface area contributed by atoms with Crippen molar-refractivity contribution in [2.24, 2.45) is 5.41 Å². The summed E-state index contributed by atoms with van der Waals surface area (Å²) in [5.41, 5.74) is 5.45. The molecule has 1 aliphatic carbocycles. The van der Waals surface area contributed by atoms with E-state index in [1.807, 2.05) is 0 Å². The van der Waals surface area contributed by atoms with Crippen molar-refractivity contribution in [2.75, 3.05) is 0 Å². The van der Waals surface area contributed by atoms with E-state index in [4.69, 9.17) is 0 Å². The van der Waals surface area contributed by atoms with Gasteiger partial charge in [-0.25, -0.2) is 0 Å². The second-order valence-corrected chi connectivity index (χ2v) is 11.7. The highest BCUT2D eigenvalue weighted by Gasteiger charge is 2.38. The average molecular weight is 502 g/mol. The smallest absolute Gasteiger partial charge is 0.0494 e. The lowest BCUT2D eigenvalue weighted by Crippen LogP contribution is -2.31. The Labute approximate surface area is 229 Å². The minimum absolute atomic E-state index is 0.0386. The Morgan fingerprint density at radius 1 is 0.538 bits per heavy atom. The number of benzene rings is 6. The van der Waals surface area contributed by atoms with Gasteiger partial charge in [-0.15, -0.1) is 0 Å².